The number of nitrogens with zero attached hydrogens (tertiary/aromatic N) is 1. The normalized spacial score (nSPS) is 36.9. The van der Waals surface area contributed by atoms with E-state index in [0.29, 0.717) is 12.1 Å². The summed E-state index contributed by atoms with van der Waals surface area (Å²) in [6.07, 6.45) is 12.1. The highest BCUT2D eigenvalue weighted by atomic mass is 15.3. The molecule has 0 aliphatic heterocycles. The summed E-state index contributed by atoms with van der Waals surface area (Å²) in [5.74, 6) is 8.22. The highest BCUT2D eigenvalue weighted by Gasteiger charge is 2.39. The summed E-state index contributed by atoms with van der Waals surface area (Å²) >= 11 is 0. The first kappa shape index (κ1) is 12.3. The predicted octanol–water partition coefficient (Wildman–Crippen LogP) is 1.92. The van der Waals surface area contributed by atoms with E-state index in [0.717, 1.165) is 17.8 Å². The van der Waals surface area contributed by atoms with E-state index in [1.165, 1.54) is 57.8 Å². The van der Waals surface area contributed by atoms with Crippen molar-refractivity contribution in [1.29, 1.82) is 0 Å². The smallest absolute Gasteiger partial charge is 0.206 e. The van der Waals surface area contributed by atoms with E-state index in [-0.39, 0.29) is 0 Å². The van der Waals surface area contributed by atoms with Crippen molar-refractivity contribution >= 4 is 5.96 Å². The molecule has 0 aromatic heterocycles. The van der Waals surface area contributed by atoms with Gasteiger partial charge in [0, 0.05) is 6.04 Å². The summed E-state index contributed by atoms with van der Waals surface area (Å²) in [6.45, 7) is 0. The molecule has 3 rings (SSSR count). The van der Waals surface area contributed by atoms with E-state index in [4.69, 9.17) is 10.8 Å². The van der Waals surface area contributed by atoms with Gasteiger partial charge in [0.05, 0.1) is 6.04 Å². The Morgan fingerprint density at radius 1 is 1.00 bits per heavy atom. The number of fused-ring (bicyclic) bond motifs is 2. The fraction of sp³-hybridized carbons (Fsp3) is 0.929. The number of rotatable bonds is 2. The molecular formula is C14H26N4. The molecule has 2 bridgehead atoms. The molecule has 3 saturated carbocycles. The average Bonchev–Trinajstić information content (AvgIpc) is 3.01. The van der Waals surface area contributed by atoms with Gasteiger partial charge in [-0.25, -0.2) is 10.8 Å². The van der Waals surface area contributed by atoms with Gasteiger partial charge in [-0.2, -0.15) is 0 Å². The number of hydrogen-bond acceptors (Lipinski definition) is 2. The van der Waals surface area contributed by atoms with Gasteiger partial charge in [-0.15, -0.1) is 0 Å². The predicted molar refractivity (Wildman–Crippen MR) is 74.0 cm³/mol. The maximum atomic E-state index is 5.62. The topological polar surface area (TPSA) is 62.4 Å². The number of hydrazine groups is 1. The van der Waals surface area contributed by atoms with Gasteiger partial charge in [-0.3, -0.25) is 5.43 Å². The Labute approximate surface area is 110 Å². The first-order valence-corrected chi connectivity index (χ1v) is 7.66. The second kappa shape index (κ2) is 5.47. The number of nitrogens with one attached hydrogen (secondary N) is 2. The number of hydrogen-bond donors (Lipinski definition) is 3. The van der Waals surface area contributed by atoms with Gasteiger partial charge in [-0.05, 0) is 43.9 Å². The Morgan fingerprint density at radius 3 is 2.44 bits per heavy atom. The monoisotopic (exact) mass is 250 g/mol. The third-order valence-electron chi connectivity index (χ3n) is 5.08. The second-order valence-electron chi connectivity index (χ2n) is 6.34. The molecule has 4 N–H and O–H groups in total. The lowest BCUT2D eigenvalue weighted by atomic mass is 9.95. The highest BCUT2D eigenvalue weighted by molar-refractivity contribution is 5.79. The first-order chi connectivity index (χ1) is 8.85. The van der Waals surface area contributed by atoms with Crippen molar-refractivity contribution < 1.29 is 0 Å². The summed E-state index contributed by atoms with van der Waals surface area (Å²) in [6, 6.07) is 1.10. The van der Waals surface area contributed by atoms with Crippen LogP contribution in [0.5, 0.6) is 0 Å². The van der Waals surface area contributed by atoms with Crippen molar-refractivity contribution in [2.24, 2.45) is 22.7 Å². The van der Waals surface area contributed by atoms with Crippen LogP contribution in [0, 0.1) is 11.8 Å². The van der Waals surface area contributed by atoms with Gasteiger partial charge in [0.1, 0.15) is 0 Å². The zero-order valence-electron chi connectivity index (χ0n) is 11.2. The van der Waals surface area contributed by atoms with Crippen LogP contribution in [0.15, 0.2) is 4.99 Å². The fourth-order valence-electron chi connectivity index (χ4n) is 4.09. The van der Waals surface area contributed by atoms with Crippen LogP contribution in [0.4, 0.5) is 0 Å². The second-order valence-corrected chi connectivity index (χ2v) is 6.34. The van der Waals surface area contributed by atoms with Crippen LogP contribution in [-0.4, -0.2) is 18.0 Å². The molecule has 0 amide bonds. The Kier molecular flexibility index (Phi) is 3.73. The Morgan fingerprint density at radius 2 is 1.83 bits per heavy atom. The standard InChI is InChI=1S/C14H26N4/c15-18-14(16-12-4-2-1-3-5-12)17-13-9-10-6-7-11(13)8-10/h10-13H,1-9,15H2,(H2,16,17,18). The molecule has 0 aromatic rings. The molecular weight excluding hydrogens is 224 g/mol. The lowest BCUT2D eigenvalue weighted by molar-refractivity contribution is 0.399. The first-order valence-electron chi connectivity index (χ1n) is 7.66. The Balaban J connectivity index is 1.57. The molecule has 0 saturated heterocycles. The summed E-state index contributed by atoms with van der Waals surface area (Å²) in [5, 5.41) is 3.51. The molecule has 3 atom stereocenters. The summed E-state index contributed by atoms with van der Waals surface area (Å²) in [7, 11) is 0. The van der Waals surface area contributed by atoms with Crippen LogP contribution in [-0.2, 0) is 0 Å². The molecule has 0 spiro atoms. The van der Waals surface area contributed by atoms with Crippen LogP contribution in [0.3, 0.4) is 0 Å². The van der Waals surface area contributed by atoms with Gasteiger partial charge in [0.2, 0.25) is 5.96 Å². The molecule has 3 aliphatic carbocycles. The largest absolute Gasteiger partial charge is 0.353 e. The van der Waals surface area contributed by atoms with Crippen LogP contribution in [0.1, 0.15) is 57.8 Å². The molecule has 18 heavy (non-hydrogen) atoms. The molecule has 3 unspecified atom stereocenters. The fourth-order valence-corrected chi connectivity index (χ4v) is 4.09. The Hall–Kier alpha value is -0.770. The minimum Gasteiger partial charge on any atom is -0.353 e. The van der Waals surface area contributed by atoms with Gasteiger partial charge in [0.25, 0.3) is 0 Å². The lowest BCUT2D eigenvalue weighted by Gasteiger charge is -2.26. The van der Waals surface area contributed by atoms with Crippen LogP contribution < -0.4 is 16.6 Å². The molecule has 3 aliphatic rings. The van der Waals surface area contributed by atoms with E-state index in [1.54, 1.807) is 0 Å². The van der Waals surface area contributed by atoms with Crippen molar-refractivity contribution in [2.45, 2.75) is 69.9 Å². The van der Waals surface area contributed by atoms with Gasteiger partial charge >= 0.3 is 0 Å². The quantitative estimate of drug-likeness (QED) is 0.304. The minimum atomic E-state index is 0.519. The zero-order valence-corrected chi connectivity index (χ0v) is 11.2. The van der Waals surface area contributed by atoms with Gasteiger partial charge in [0.15, 0.2) is 0 Å². The zero-order chi connectivity index (χ0) is 12.4. The van der Waals surface area contributed by atoms with Crippen LogP contribution in [0.25, 0.3) is 0 Å². The molecule has 4 nitrogen and oxygen atoms in total. The number of aliphatic imine (C=N–C) groups is 1. The maximum Gasteiger partial charge on any atom is 0.206 e. The maximum absolute atomic E-state index is 5.62. The van der Waals surface area contributed by atoms with Crippen molar-refractivity contribution in [3.8, 4) is 0 Å². The van der Waals surface area contributed by atoms with Crippen molar-refractivity contribution in [2.75, 3.05) is 0 Å². The van der Waals surface area contributed by atoms with E-state index >= 15 is 0 Å². The molecule has 0 heterocycles. The average molecular weight is 250 g/mol. The number of guanidine groups is 1. The number of nitrogens with two attached hydrogens (primary N) is 1. The van der Waals surface area contributed by atoms with Crippen molar-refractivity contribution in [3.05, 3.63) is 0 Å². The molecule has 102 valence electrons. The minimum absolute atomic E-state index is 0.519. The van der Waals surface area contributed by atoms with Gasteiger partial charge < -0.3 is 5.32 Å². The third kappa shape index (κ3) is 2.63. The highest BCUT2D eigenvalue weighted by Crippen LogP contribution is 2.45. The van der Waals surface area contributed by atoms with Crippen LogP contribution in [0.2, 0.25) is 0 Å². The van der Waals surface area contributed by atoms with E-state index in [2.05, 4.69) is 10.7 Å². The third-order valence-corrected chi connectivity index (χ3v) is 5.08. The lowest BCUT2D eigenvalue weighted by Crippen LogP contribution is -2.47. The van der Waals surface area contributed by atoms with Crippen molar-refractivity contribution in [1.82, 2.24) is 10.7 Å². The molecule has 0 radical (unpaired) electrons. The van der Waals surface area contributed by atoms with E-state index in [1.807, 2.05) is 0 Å². The van der Waals surface area contributed by atoms with Gasteiger partial charge in [-0.1, -0.05) is 25.7 Å². The molecule has 0 aromatic carbocycles. The SMILES string of the molecule is NNC(=NC1CC2CCC1C2)NC1CCCCC1. The molecule has 4 heteroatoms. The van der Waals surface area contributed by atoms with Crippen molar-refractivity contribution in [3.63, 3.8) is 0 Å². The summed E-state index contributed by atoms with van der Waals surface area (Å²) < 4.78 is 0. The van der Waals surface area contributed by atoms with E-state index in [9.17, 15) is 0 Å². The van der Waals surface area contributed by atoms with Crippen LogP contribution >= 0.6 is 0 Å². The summed E-state index contributed by atoms with van der Waals surface area (Å²) in [4.78, 5) is 4.84. The Bertz CT molecular complexity index is 309. The molecule has 3 fully saturated rings. The van der Waals surface area contributed by atoms with E-state index < -0.39 is 0 Å². The summed E-state index contributed by atoms with van der Waals surface area (Å²) in [5.41, 5.74) is 2.77.